The number of hydrogen-bond donors (Lipinski definition) is 0. The van der Waals surface area contributed by atoms with E-state index in [1.807, 2.05) is 12.1 Å². The molecule has 1 aliphatic rings. The van der Waals surface area contributed by atoms with Crippen molar-refractivity contribution in [1.29, 1.82) is 0 Å². The van der Waals surface area contributed by atoms with Gasteiger partial charge in [0.1, 0.15) is 11.3 Å². The second-order valence-corrected chi connectivity index (χ2v) is 9.63. The van der Waals surface area contributed by atoms with Crippen LogP contribution in [0.4, 0.5) is 0 Å². The zero-order valence-electron chi connectivity index (χ0n) is 15.8. The van der Waals surface area contributed by atoms with E-state index in [-0.39, 0.29) is 11.7 Å². The molecule has 1 aromatic carbocycles. The molecule has 3 aromatic rings. The molecule has 0 bridgehead atoms. The summed E-state index contributed by atoms with van der Waals surface area (Å²) in [5.74, 6) is 1.23. The van der Waals surface area contributed by atoms with Crippen LogP contribution in [0.5, 0.6) is 0 Å². The van der Waals surface area contributed by atoms with E-state index in [4.69, 9.17) is 16.6 Å². The van der Waals surface area contributed by atoms with Gasteiger partial charge >= 0.3 is 0 Å². The van der Waals surface area contributed by atoms with Gasteiger partial charge in [-0.05, 0) is 49.1 Å². The molecule has 0 saturated carbocycles. The lowest BCUT2D eigenvalue weighted by atomic mass is 10.0. The van der Waals surface area contributed by atoms with Crippen LogP contribution in [0, 0.1) is 5.92 Å². The maximum atomic E-state index is 12.8. The number of benzene rings is 1. The van der Waals surface area contributed by atoms with Crippen molar-refractivity contribution in [2.24, 2.45) is 5.92 Å². The van der Waals surface area contributed by atoms with Gasteiger partial charge in [0, 0.05) is 37.3 Å². The minimum atomic E-state index is -3.36. The molecule has 1 atom stereocenters. The molecular weight excluding hydrogens is 396 g/mol. The maximum absolute atomic E-state index is 12.8. The van der Waals surface area contributed by atoms with E-state index in [2.05, 4.69) is 16.5 Å². The van der Waals surface area contributed by atoms with E-state index in [0.29, 0.717) is 18.1 Å². The monoisotopic (exact) mass is 418 g/mol. The highest BCUT2D eigenvalue weighted by Gasteiger charge is 2.32. The molecule has 148 valence electrons. The SMILES string of the molecule is CCn1c(C[C@@H]2CCN(S(=O)(=O)Cc3cccc(Cl)c3)C2)nc2cccnc21. The molecule has 2 aromatic heterocycles. The van der Waals surface area contributed by atoms with E-state index in [0.717, 1.165) is 41.9 Å². The third-order valence-corrected chi connectivity index (χ3v) is 7.30. The van der Waals surface area contributed by atoms with Crippen molar-refractivity contribution in [3.63, 3.8) is 0 Å². The number of halogens is 1. The van der Waals surface area contributed by atoms with E-state index >= 15 is 0 Å². The molecule has 0 amide bonds. The van der Waals surface area contributed by atoms with Gasteiger partial charge in [-0.2, -0.15) is 0 Å². The summed E-state index contributed by atoms with van der Waals surface area (Å²) in [7, 11) is -3.36. The summed E-state index contributed by atoms with van der Waals surface area (Å²) in [6.07, 6.45) is 3.38. The van der Waals surface area contributed by atoms with Crippen LogP contribution in [0.15, 0.2) is 42.6 Å². The first-order valence-electron chi connectivity index (χ1n) is 9.48. The maximum Gasteiger partial charge on any atom is 0.218 e. The lowest BCUT2D eigenvalue weighted by Crippen LogP contribution is -2.30. The summed E-state index contributed by atoms with van der Waals surface area (Å²) >= 11 is 5.99. The standard InChI is InChI=1S/C20H23ClN4O2S/c1-2-25-19(23-18-7-4-9-22-20(18)25)12-15-8-10-24(13-15)28(26,27)14-16-5-3-6-17(21)11-16/h3-7,9,11,15H,2,8,10,12-14H2,1H3/t15-/m0/s1. The number of pyridine rings is 1. The number of fused-ring (bicyclic) bond motifs is 1. The number of imidazole rings is 1. The molecule has 0 N–H and O–H groups in total. The fourth-order valence-corrected chi connectivity index (χ4v) is 5.71. The average Bonchev–Trinajstić information content (AvgIpc) is 3.26. The largest absolute Gasteiger partial charge is 0.313 e. The van der Waals surface area contributed by atoms with Crippen LogP contribution in [0.1, 0.15) is 24.7 Å². The number of aryl methyl sites for hydroxylation is 1. The Morgan fingerprint density at radius 2 is 2.11 bits per heavy atom. The predicted molar refractivity (Wildman–Crippen MR) is 111 cm³/mol. The molecule has 3 heterocycles. The van der Waals surface area contributed by atoms with Crippen molar-refractivity contribution in [2.75, 3.05) is 13.1 Å². The van der Waals surface area contributed by atoms with Crippen LogP contribution >= 0.6 is 11.6 Å². The van der Waals surface area contributed by atoms with Crippen LogP contribution in [0.3, 0.4) is 0 Å². The number of rotatable bonds is 6. The zero-order valence-corrected chi connectivity index (χ0v) is 17.3. The van der Waals surface area contributed by atoms with Crippen molar-refractivity contribution < 1.29 is 8.42 Å². The lowest BCUT2D eigenvalue weighted by Gasteiger charge is -2.17. The first-order valence-corrected chi connectivity index (χ1v) is 11.5. The van der Waals surface area contributed by atoms with Crippen LogP contribution in [-0.2, 0) is 28.7 Å². The highest BCUT2D eigenvalue weighted by molar-refractivity contribution is 7.88. The van der Waals surface area contributed by atoms with Gasteiger partial charge in [-0.1, -0.05) is 23.7 Å². The predicted octanol–water partition coefficient (Wildman–Crippen LogP) is 3.50. The van der Waals surface area contributed by atoms with Gasteiger partial charge in [-0.3, -0.25) is 0 Å². The lowest BCUT2D eigenvalue weighted by molar-refractivity contribution is 0.450. The van der Waals surface area contributed by atoms with Crippen LogP contribution in [-0.4, -0.2) is 40.3 Å². The molecule has 1 fully saturated rings. The number of aromatic nitrogens is 3. The van der Waals surface area contributed by atoms with E-state index in [9.17, 15) is 8.42 Å². The van der Waals surface area contributed by atoms with E-state index < -0.39 is 10.0 Å². The molecule has 0 aliphatic carbocycles. The van der Waals surface area contributed by atoms with Crippen LogP contribution in [0.2, 0.25) is 5.02 Å². The summed E-state index contributed by atoms with van der Waals surface area (Å²) in [6, 6.07) is 10.9. The number of nitrogens with zero attached hydrogens (tertiary/aromatic N) is 4. The minimum Gasteiger partial charge on any atom is -0.313 e. The van der Waals surface area contributed by atoms with Crippen molar-refractivity contribution in [3.8, 4) is 0 Å². The van der Waals surface area contributed by atoms with Crippen LogP contribution < -0.4 is 0 Å². The second kappa shape index (κ2) is 7.81. The fraction of sp³-hybridized carbons (Fsp3) is 0.400. The van der Waals surface area contributed by atoms with Crippen molar-refractivity contribution >= 4 is 32.8 Å². The molecule has 0 spiro atoms. The first-order chi connectivity index (χ1) is 13.5. The average molecular weight is 419 g/mol. The molecule has 28 heavy (non-hydrogen) atoms. The van der Waals surface area contributed by atoms with Gasteiger partial charge < -0.3 is 4.57 Å². The van der Waals surface area contributed by atoms with E-state index in [1.54, 1.807) is 34.8 Å². The normalized spacial score (nSPS) is 18.1. The quantitative estimate of drug-likeness (QED) is 0.614. The molecule has 8 heteroatoms. The third-order valence-electron chi connectivity index (χ3n) is 5.25. The summed E-state index contributed by atoms with van der Waals surface area (Å²) in [5, 5.41) is 0.555. The van der Waals surface area contributed by atoms with Gasteiger partial charge in [0.25, 0.3) is 0 Å². The Hall–Kier alpha value is -1.96. The van der Waals surface area contributed by atoms with E-state index in [1.165, 1.54) is 0 Å². The Labute approximate surface area is 170 Å². The Kier molecular flexibility index (Phi) is 5.40. The van der Waals surface area contributed by atoms with Crippen LogP contribution in [0.25, 0.3) is 11.2 Å². The molecule has 4 rings (SSSR count). The summed E-state index contributed by atoms with van der Waals surface area (Å²) in [6.45, 7) is 3.96. The zero-order chi connectivity index (χ0) is 19.7. The molecule has 0 radical (unpaired) electrons. The van der Waals surface area contributed by atoms with Crippen molar-refractivity contribution in [1.82, 2.24) is 18.8 Å². The van der Waals surface area contributed by atoms with Crippen molar-refractivity contribution in [3.05, 3.63) is 59.0 Å². The Morgan fingerprint density at radius 3 is 2.89 bits per heavy atom. The molecule has 1 aliphatic heterocycles. The highest BCUT2D eigenvalue weighted by Crippen LogP contribution is 2.26. The second-order valence-electron chi connectivity index (χ2n) is 7.22. The van der Waals surface area contributed by atoms with Gasteiger partial charge in [0.2, 0.25) is 10.0 Å². The molecule has 1 saturated heterocycles. The topological polar surface area (TPSA) is 68.1 Å². The fourth-order valence-electron chi connectivity index (χ4n) is 3.90. The van der Waals surface area contributed by atoms with Gasteiger partial charge in [0.15, 0.2) is 5.65 Å². The highest BCUT2D eigenvalue weighted by atomic mass is 35.5. The number of sulfonamides is 1. The third kappa shape index (κ3) is 3.92. The minimum absolute atomic E-state index is 0.0162. The Morgan fingerprint density at radius 1 is 1.25 bits per heavy atom. The summed E-state index contributed by atoms with van der Waals surface area (Å²) < 4.78 is 29.4. The summed E-state index contributed by atoms with van der Waals surface area (Å²) in [5.41, 5.74) is 2.50. The molecule has 0 unspecified atom stereocenters. The van der Waals surface area contributed by atoms with Gasteiger partial charge in [-0.15, -0.1) is 0 Å². The Bertz CT molecular complexity index is 1100. The van der Waals surface area contributed by atoms with Crippen molar-refractivity contribution in [2.45, 2.75) is 32.1 Å². The molecular formula is C20H23ClN4O2S. The Balaban J connectivity index is 1.47. The first kappa shape index (κ1) is 19.4. The smallest absolute Gasteiger partial charge is 0.218 e. The van der Waals surface area contributed by atoms with Gasteiger partial charge in [-0.25, -0.2) is 22.7 Å². The molecule has 6 nitrogen and oxygen atoms in total. The number of hydrogen-bond acceptors (Lipinski definition) is 4. The van der Waals surface area contributed by atoms with Gasteiger partial charge in [0.05, 0.1) is 5.75 Å². The summed E-state index contributed by atoms with van der Waals surface area (Å²) in [4.78, 5) is 9.17.